The van der Waals surface area contributed by atoms with E-state index in [1.807, 2.05) is 28.9 Å². The van der Waals surface area contributed by atoms with Crippen molar-refractivity contribution in [1.29, 1.82) is 0 Å². The average molecular weight is 419 g/mol. The number of nitrogens with two attached hydrogens (primary N) is 1. The second-order valence-electron chi connectivity index (χ2n) is 6.40. The van der Waals surface area contributed by atoms with Crippen LogP contribution in [0.4, 0.5) is 5.95 Å². The van der Waals surface area contributed by atoms with Gasteiger partial charge in [-0.3, -0.25) is 0 Å². The number of fused-ring (bicyclic) bond motifs is 3. The molecule has 0 aliphatic carbocycles. The van der Waals surface area contributed by atoms with Gasteiger partial charge in [-0.25, -0.2) is 9.67 Å². The van der Waals surface area contributed by atoms with Crippen LogP contribution in [0.3, 0.4) is 0 Å². The van der Waals surface area contributed by atoms with Crippen LogP contribution >= 0.6 is 0 Å². The first-order valence-electron chi connectivity index (χ1n) is 9.18. The second-order valence-corrected chi connectivity index (χ2v) is 6.40. The number of furan rings is 1. The number of carbonyl (C=O) groups excluding carboxylic acids is 2. The molecule has 2 N–H and O–H groups in total. The first kappa shape index (κ1) is 19.8. The number of rotatable bonds is 5. The van der Waals surface area contributed by atoms with Crippen LogP contribution in [0.1, 0.15) is 5.56 Å². The van der Waals surface area contributed by atoms with Crippen LogP contribution in [0, 0.1) is 0 Å². The molecule has 1 aromatic carbocycles. The monoisotopic (exact) mass is 419 g/mol. The number of nitrogen functional groups attached to an aromatic ring is 1. The summed E-state index contributed by atoms with van der Waals surface area (Å²) in [6.07, 6.45) is 4.37. The van der Waals surface area contributed by atoms with Crippen molar-refractivity contribution in [3.63, 3.8) is 0 Å². The molecule has 0 aliphatic rings. The Kier molecular flexibility index (Phi) is 5.41. The van der Waals surface area contributed by atoms with E-state index in [0.717, 1.165) is 17.6 Å². The minimum absolute atomic E-state index is 0.249. The quantitative estimate of drug-likeness (QED) is 0.452. The highest BCUT2D eigenvalue weighted by atomic mass is 16.5. The van der Waals surface area contributed by atoms with Crippen molar-refractivity contribution in [2.75, 3.05) is 12.8 Å². The Hall–Kier alpha value is -4.50. The molecule has 5 aromatic rings. The van der Waals surface area contributed by atoms with Gasteiger partial charge in [-0.2, -0.15) is 24.2 Å². The van der Waals surface area contributed by atoms with Crippen molar-refractivity contribution < 1.29 is 18.7 Å². The van der Waals surface area contributed by atoms with Crippen molar-refractivity contribution in [1.82, 2.24) is 29.4 Å². The zero-order valence-corrected chi connectivity index (χ0v) is 16.4. The number of hydrogen-bond donors (Lipinski definition) is 1. The Bertz CT molecular complexity index is 1350. The van der Waals surface area contributed by atoms with E-state index >= 15 is 0 Å². The maximum absolute atomic E-state index is 8.12. The largest absolute Gasteiger partial charge is 0.497 e. The zero-order valence-electron chi connectivity index (χ0n) is 16.4. The van der Waals surface area contributed by atoms with Crippen LogP contribution in [0.15, 0.2) is 53.3 Å². The molecule has 0 spiro atoms. The molecule has 0 saturated heterocycles. The van der Waals surface area contributed by atoms with Gasteiger partial charge in [0.1, 0.15) is 5.75 Å². The zero-order chi connectivity index (χ0) is 21.8. The first-order valence-corrected chi connectivity index (χ1v) is 9.18. The first-order chi connectivity index (χ1) is 15.1. The lowest BCUT2D eigenvalue weighted by molar-refractivity contribution is -0.191. The topological polar surface area (TPSA) is 143 Å². The molecule has 4 aromatic heterocycles. The summed E-state index contributed by atoms with van der Waals surface area (Å²) in [5.74, 6) is 2.11. The standard InChI is InChI=1S/C19H17N7O2.CO2/c1-27-13-6-4-12(5-7-13)8-9-25-17-14(11-21-25)18-22-16(15-3-2-10-28-15)24-26(18)19(20)23-17;2-1-3/h2-7,10-11H,8-9H2,1H3,(H2,20,23);. The van der Waals surface area contributed by atoms with E-state index < -0.39 is 0 Å². The second kappa shape index (κ2) is 8.47. The minimum Gasteiger partial charge on any atom is -0.497 e. The van der Waals surface area contributed by atoms with Gasteiger partial charge in [-0.15, -0.1) is 5.10 Å². The summed E-state index contributed by atoms with van der Waals surface area (Å²) in [5.41, 5.74) is 8.58. The molecular weight excluding hydrogens is 402 g/mol. The summed E-state index contributed by atoms with van der Waals surface area (Å²) < 4.78 is 13.9. The summed E-state index contributed by atoms with van der Waals surface area (Å²) in [6.45, 7) is 0.664. The number of aromatic nitrogens is 6. The van der Waals surface area contributed by atoms with Crippen LogP contribution in [0.25, 0.3) is 28.3 Å². The average Bonchev–Trinajstić information content (AvgIpc) is 3.52. The molecule has 0 atom stereocenters. The van der Waals surface area contributed by atoms with Gasteiger partial charge >= 0.3 is 6.15 Å². The van der Waals surface area contributed by atoms with E-state index in [0.29, 0.717) is 29.4 Å². The van der Waals surface area contributed by atoms with Crippen LogP contribution in [-0.2, 0) is 22.6 Å². The van der Waals surface area contributed by atoms with Crippen molar-refractivity contribution in [3.8, 4) is 17.3 Å². The van der Waals surface area contributed by atoms with Crippen molar-refractivity contribution in [2.24, 2.45) is 0 Å². The van der Waals surface area contributed by atoms with E-state index in [1.54, 1.807) is 31.7 Å². The smallest absolute Gasteiger partial charge is 0.373 e. The highest BCUT2D eigenvalue weighted by Crippen LogP contribution is 2.23. The molecule has 0 aliphatic heterocycles. The fourth-order valence-corrected chi connectivity index (χ4v) is 3.16. The number of benzene rings is 1. The molecule has 4 heterocycles. The summed E-state index contributed by atoms with van der Waals surface area (Å²) in [5, 5.41) is 9.66. The molecular formula is C20H17N7O4. The highest BCUT2D eigenvalue weighted by molar-refractivity contribution is 5.90. The predicted octanol–water partition coefficient (Wildman–Crippen LogP) is 1.98. The minimum atomic E-state index is 0.249. The Balaban J connectivity index is 0.000000730. The molecule has 0 bridgehead atoms. The van der Waals surface area contributed by atoms with Crippen LogP contribution in [0.2, 0.25) is 0 Å². The van der Waals surface area contributed by atoms with Gasteiger partial charge in [0.25, 0.3) is 0 Å². The number of ether oxygens (including phenoxy) is 1. The molecule has 0 fully saturated rings. The van der Waals surface area contributed by atoms with E-state index in [-0.39, 0.29) is 12.1 Å². The molecule has 0 unspecified atom stereocenters. The molecule has 11 nitrogen and oxygen atoms in total. The Morgan fingerprint density at radius 3 is 2.58 bits per heavy atom. The number of hydrogen-bond acceptors (Lipinski definition) is 9. The van der Waals surface area contributed by atoms with E-state index in [4.69, 9.17) is 24.5 Å². The Morgan fingerprint density at radius 2 is 1.90 bits per heavy atom. The van der Waals surface area contributed by atoms with E-state index in [2.05, 4.69) is 20.2 Å². The van der Waals surface area contributed by atoms with Crippen LogP contribution < -0.4 is 10.5 Å². The van der Waals surface area contributed by atoms with Gasteiger partial charge in [0, 0.05) is 6.54 Å². The van der Waals surface area contributed by atoms with Gasteiger partial charge in [0.15, 0.2) is 17.1 Å². The van der Waals surface area contributed by atoms with Gasteiger partial charge < -0.3 is 14.9 Å². The third kappa shape index (κ3) is 3.85. The maximum atomic E-state index is 8.12. The molecule has 5 rings (SSSR count). The molecule has 0 radical (unpaired) electrons. The number of anilines is 1. The van der Waals surface area contributed by atoms with E-state index in [1.165, 1.54) is 10.1 Å². The summed E-state index contributed by atoms with van der Waals surface area (Å²) in [4.78, 5) is 25.3. The van der Waals surface area contributed by atoms with Gasteiger partial charge in [-0.05, 0) is 36.2 Å². The number of aryl methyl sites for hydroxylation is 2. The molecule has 0 saturated carbocycles. The molecule has 0 amide bonds. The van der Waals surface area contributed by atoms with Crippen LogP contribution in [-0.4, -0.2) is 42.6 Å². The van der Waals surface area contributed by atoms with Crippen molar-refractivity contribution in [2.45, 2.75) is 13.0 Å². The Labute approximate surface area is 175 Å². The van der Waals surface area contributed by atoms with Crippen LogP contribution in [0.5, 0.6) is 5.75 Å². The fraction of sp³-hybridized carbons (Fsp3) is 0.150. The summed E-state index contributed by atoms with van der Waals surface area (Å²) in [6, 6.07) is 11.6. The lowest BCUT2D eigenvalue weighted by Gasteiger charge is -2.05. The van der Waals surface area contributed by atoms with Crippen molar-refractivity contribution >= 4 is 28.8 Å². The number of methoxy groups -OCH3 is 1. The third-order valence-electron chi connectivity index (χ3n) is 4.61. The van der Waals surface area contributed by atoms with Gasteiger partial charge in [0.2, 0.25) is 11.8 Å². The van der Waals surface area contributed by atoms with Crippen molar-refractivity contribution in [3.05, 3.63) is 54.4 Å². The predicted molar refractivity (Wildman–Crippen MR) is 108 cm³/mol. The van der Waals surface area contributed by atoms with E-state index in [9.17, 15) is 0 Å². The normalized spacial score (nSPS) is 10.6. The Morgan fingerprint density at radius 1 is 1.13 bits per heavy atom. The molecule has 156 valence electrons. The summed E-state index contributed by atoms with van der Waals surface area (Å²) >= 11 is 0. The maximum Gasteiger partial charge on any atom is 0.373 e. The lowest BCUT2D eigenvalue weighted by Crippen LogP contribution is -2.07. The number of nitrogens with zero attached hydrogens (tertiary/aromatic N) is 6. The fourth-order valence-electron chi connectivity index (χ4n) is 3.16. The summed E-state index contributed by atoms with van der Waals surface area (Å²) in [7, 11) is 1.66. The molecule has 31 heavy (non-hydrogen) atoms. The highest BCUT2D eigenvalue weighted by Gasteiger charge is 2.17. The molecule has 11 heteroatoms. The van der Waals surface area contributed by atoms with Gasteiger partial charge in [-0.1, -0.05) is 12.1 Å². The SMILES string of the molecule is COc1ccc(CCn2ncc3c2nc(N)n2nc(-c4ccco4)nc32)cc1.O=C=O. The van der Waals surface area contributed by atoms with Gasteiger partial charge in [0.05, 0.1) is 25.0 Å². The third-order valence-corrected chi connectivity index (χ3v) is 4.61. The lowest BCUT2D eigenvalue weighted by atomic mass is 10.1.